The number of hydrogen-bond donors (Lipinski definition) is 2. The van der Waals surface area contributed by atoms with Crippen LogP contribution in [0.5, 0.6) is 0 Å². The van der Waals surface area contributed by atoms with Gasteiger partial charge in [-0.25, -0.2) is 4.98 Å². The van der Waals surface area contributed by atoms with Gasteiger partial charge >= 0.3 is 0 Å². The minimum absolute atomic E-state index is 0.0168. The summed E-state index contributed by atoms with van der Waals surface area (Å²) in [4.78, 5) is 12.7. The van der Waals surface area contributed by atoms with Crippen LogP contribution in [0.2, 0.25) is 5.02 Å². The van der Waals surface area contributed by atoms with E-state index in [9.17, 15) is 9.32 Å². The topological polar surface area (TPSA) is 87.6 Å². The van der Waals surface area contributed by atoms with E-state index in [1.807, 2.05) is 12.1 Å². The summed E-state index contributed by atoms with van der Waals surface area (Å²) >= 11 is 6.24. The zero-order valence-electron chi connectivity index (χ0n) is 23.1. The minimum Gasteiger partial charge on any atom is -0.394 e. The summed E-state index contributed by atoms with van der Waals surface area (Å²) in [6, 6.07) is 8.03. The third kappa shape index (κ3) is 5.51. The Morgan fingerprint density at radius 1 is 1.23 bits per heavy atom. The molecule has 212 valence electrons. The number of aryl methyl sites for hydroxylation is 1. The van der Waals surface area contributed by atoms with E-state index in [0.29, 0.717) is 48.0 Å². The van der Waals surface area contributed by atoms with E-state index in [1.54, 1.807) is 0 Å². The molecule has 7 nitrogen and oxygen atoms in total. The normalized spacial score (nSPS) is 23.4. The molecule has 9 heteroatoms. The molecule has 3 atom stereocenters. The molecule has 40 heavy (non-hydrogen) atoms. The maximum atomic E-state index is 12.8. The van der Waals surface area contributed by atoms with Crippen molar-refractivity contribution in [1.29, 1.82) is 0 Å². The van der Waals surface area contributed by atoms with Gasteiger partial charge in [-0.05, 0) is 47.6 Å². The highest BCUT2D eigenvalue weighted by Gasteiger charge is 2.39. The van der Waals surface area contributed by atoms with Gasteiger partial charge in [-0.3, -0.25) is 4.21 Å². The molecule has 2 N–H and O–H groups in total. The van der Waals surface area contributed by atoms with E-state index < -0.39 is 10.8 Å². The van der Waals surface area contributed by atoms with Gasteiger partial charge < -0.3 is 20.1 Å². The van der Waals surface area contributed by atoms with Gasteiger partial charge in [0.25, 0.3) is 0 Å². The van der Waals surface area contributed by atoms with E-state index in [2.05, 4.69) is 60.5 Å². The summed E-state index contributed by atoms with van der Waals surface area (Å²) in [6.45, 7) is 6.92. The first-order valence-corrected chi connectivity index (χ1v) is 15.9. The van der Waals surface area contributed by atoms with Crippen molar-refractivity contribution in [2.75, 3.05) is 48.9 Å². The van der Waals surface area contributed by atoms with Crippen LogP contribution in [0.1, 0.15) is 37.9 Å². The fraction of sp³-hybridized carbons (Fsp3) is 0.484. The fourth-order valence-corrected chi connectivity index (χ4v) is 7.43. The van der Waals surface area contributed by atoms with Crippen LogP contribution < -0.4 is 10.2 Å². The molecule has 0 amide bonds. The van der Waals surface area contributed by atoms with E-state index >= 15 is 0 Å². The predicted molar refractivity (Wildman–Crippen MR) is 161 cm³/mol. The van der Waals surface area contributed by atoms with Crippen molar-refractivity contribution >= 4 is 34.2 Å². The molecule has 1 saturated heterocycles. The van der Waals surface area contributed by atoms with Crippen LogP contribution in [0.3, 0.4) is 0 Å². The molecule has 2 aliphatic carbocycles. The van der Waals surface area contributed by atoms with E-state index in [4.69, 9.17) is 26.3 Å². The first-order valence-electron chi connectivity index (χ1n) is 14.2. The smallest absolute Gasteiger partial charge is 0.227 e. The number of anilines is 2. The molecule has 2 aromatic rings. The molecule has 1 fully saturated rings. The van der Waals surface area contributed by atoms with Gasteiger partial charge in [-0.2, -0.15) is 4.98 Å². The van der Waals surface area contributed by atoms with Gasteiger partial charge in [0.2, 0.25) is 5.95 Å². The van der Waals surface area contributed by atoms with Crippen LogP contribution in [-0.2, 0) is 27.4 Å². The number of fused-ring (bicyclic) bond motifs is 2. The lowest BCUT2D eigenvalue weighted by atomic mass is 9.73. The standard InChI is InChI=1S/C31H37ClN4O3S/c1-20(2)27(17-37)33-29-28-26(10-15-40(28)38)34-30(35-29)36-13-11-31(12-14-36,23-6-8-24(32)9-7-23)19-39-18-22-5-3-4-21-16-25(21)22/h3-9,16,20,25,27,37H,10-15,17-19H2,1-2H3,(H,33,34,35). The first kappa shape index (κ1) is 27.6. The van der Waals surface area contributed by atoms with Crippen LogP contribution in [-0.4, -0.2) is 64.0 Å². The Morgan fingerprint density at radius 2 is 2.00 bits per heavy atom. The largest absolute Gasteiger partial charge is 0.394 e. The number of rotatable bonds is 10. The van der Waals surface area contributed by atoms with Crippen LogP contribution >= 0.6 is 11.6 Å². The Labute approximate surface area is 243 Å². The van der Waals surface area contributed by atoms with Crippen molar-refractivity contribution in [3.63, 3.8) is 0 Å². The van der Waals surface area contributed by atoms with Crippen molar-refractivity contribution < 1.29 is 14.1 Å². The van der Waals surface area contributed by atoms with Gasteiger partial charge in [-0.1, -0.05) is 61.9 Å². The second-order valence-electron chi connectivity index (χ2n) is 11.6. The number of aliphatic hydroxyl groups excluding tert-OH is 1. The molecule has 2 aliphatic heterocycles. The molecular formula is C31H37ClN4O3S. The maximum absolute atomic E-state index is 12.8. The molecule has 1 aromatic heterocycles. The Morgan fingerprint density at radius 3 is 2.73 bits per heavy atom. The van der Waals surface area contributed by atoms with Crippen molar-refractivity contribution in [2.24, 2.45) is 11.8 Å². The predicted octanol–water partition coefficient (Wildman–Crippen LogP) is 4.83. The highest BCUT2D eigenvalue weighted by Crippen LogP contribution is 2.41. The molecule has 1 aromatic carbocycles. The van der Waals surface area contributed by atoms with Crippen molar-refractivity contribution in [3.8, 4) is 0 Å². The number of nitrogens with one attached hydrogen (secondary N) is 1. The summed E-state index contributed by atoms with van der Waals surface area (Å²) in [5, 5.41) is 14.0. The molecule has 3 unspecified atom stereocenters. The number of nitrogens with zero attached hydrogens (tertiary/aromatic N) is 3. The van der Waals surface area contributed by atoms with E-state index in [0.717, 1.165) is 36.6 Å². The highest BCUT2D eigenvalue weighted by molar-refractivity contribution is 7.85. The number of benzene rings is 1. The molecule has 0 bridgehead atoms. The summed E-state index contributed by atoms with van der Waals surface area (Å²) < 4.78 is 19.2. The van der Waals surface area contributed by atoms with Gasteiger partial charge in [-0.15, -0.1) is 0 Å². The molecular weight excluding hydrogens is 544 g/mol. The highest BCUT2D eigenvalue weighted by atomic mass is 35.5. The molecule has 3 heterocycles. The lowest BCUT2D eigenvalue weighted by Crippen LogP contribution is -2.46. The SMILES string of the molecule is CC(C)C(CO)Nc1nc(N2CCC(COCC3=CC=CC4=CC43)(c3ccc(Cl)cc3)CC2)nc2c1S(=O)CC2. The van der Waals surface area contributed by atoms with Gasteiger partial charge in [0.15, 0.2) is 0 Å². The number of piperidine rings is 1. The van der Waals surface area contributed by atoms with E-state index in [1.165, 1.54) is 16.7 Å². The quantitative estimate of drug-likeness (QED) is 0.416. The molecule has 0 saturated carbocycles. The van der Waals surface area contributed by atoms with E-state index in [-0.39, 0.29) is 24.0 Å². The molecule has 0 spiro atoms. The number of aliphatic hydroxyl groups is 1. The number of aromatic nitrogens is 2. The second kappa shape index (κ2) is 11.4. The van der Waals surface area contributed by atoms with Crippen molar-refractivity contribution in [1.82, 2.24) is 9.97 Å². The van der Waals surface area contributed by atoms with Gasteiger partial charge in [0.1, 0.15) is 10.7 Å². The first-order chi connectivity index (χ1) is 19.4. The number of ether oxygens (including phenoxy) is 1. The Hall–Kier alpha value is -2.52. The fourth-order valence-electron chi connectivity index (χ4n) is 5.99. The number of halogens is 1. The Balaban J connectivity index is 1.21. The minimum atomic E-state index is -1.13. The van der Waals surface area contributed by atoms with Gasteiger partial charge in [0, 0.05) is 41.6 Å². The average molecular weight is 581 g/mol. The van der Waals surface area contributed by atoms with Crippen LogP contribution in [0, 0.1) is 11.8 Å². The third-order valence-electron chi connectivity index (χ3n) is 8.71. The zero-order chi connectivity index (χ0) is 27.9. The molecule has 6 rings (SSSR count). The van der Waals surface area contributed by atoms with Crippen molar-refractivity contribution in [2.45, 2.75) is 49.5 Å². The zero-order valence-corrected chi connectivity index (χ0v) is 24.7. The Bertz CT molecular complexity index is 1380. The van der Waals surface area contributed by atoms with Gasteiger partial charge in [0.05, 0.1) is 42.4 Å². The van der Waals surface area contributed by atoms with Crippen molar-refractivity contribution in [3.05, 3.63) is 76.0 Å². The van der Waals surface area contributed by atoms with Crippen LogP contribution in [0.25, 0.3) is 0 Å². The number of allylic oxidation sites excluding steroid dienone is 5. The maximum Gasteiger partial charge on any atom is 0.227 e. The number of hydrogen-bond acceptors (Lipinski definition) is 7. The monoisotopic (exact) mass is 580 g/mol. The third-order valence-corrected chi connectivity index (χ3v) is 10.4. The average Bonchev–Trinajstić information content (AvgIpc) is 3.67. The molecule has 0 radical (unpaired) electrons. The summed E-state index contributed by atoms with van der Waals surface area (Å²) in [5.41, 5.74) is 4.69. The molecule has 4 aliphatic rings. The summed E-state index contributed by atoms with van der Waals surface area (Å²) in [6.07, 6.45) is 11.2. The van der Waals surface area contributed by atoms with Crippen LogP contribution in [0.15, 0.2) is 64.6 Å². The Kier molecular flexibility index (Phi) is 7.87. The summed E-state index contributed by atoms with van der Waals surface area (Å²) in [5.74, 6) is 2.50. The summed E-state index contributed by atoms with van der Waals surface area (Å²) in [7, 11) is -1.13. The lowest BCUT2D eigenvalue weighted by Gasteiger charge is -2.42. The lowest BCUT2D eigenvalue weighted by molar-refractivity contribution is 0.0830. The second-order valence-corrected chi connectivity index (χ2v) is 13.6. The van der Waals surface area contributed by atoms with Crippen LogP contribution in [0.4, 0.5) is 11.8 Å².